The van der Waals surface area contributed by atoms with Crippen LogP contribution in [0.3, 0.4) is 0 Å². The molecule has 3 unspecified atom stereocenters. The van der Waals surface area contributed by atoms with Crippen molar-refractivity contribution in [3.8, 4) is 0 Å². The topological polar surface area (TPSA) is 3.24 Å². The van der Waals surface area contributed by atoms with Crippen molar-refractivity contribution in [3.05, 3.63) is 12.7 Å². The van der Waals surface area contributed by atoms with Crippen LogP contribution in [0.15, 0.2) is 12.7 Å². The minimum absolute atomic E-state index is 0.914. The number of allylic oxidation sites excluding steroid dienone is 1. The third-order valence-electron chi connectivity index (χ3n) is 4.99. The molecule has 1 nitrogen and oxygen atoms in total. The zero-order valence-electron chi connectivity index (χ0n) is 12.2. The summed E-state index contributed by atoms with van der Waals surface area (Å²) in [5, 5.41) is 0. The second kappa shape index (κ2) is 7.33. The van der Waals surface area contributed by atoms with Crippen LogP contribution < -0.4 is 0 Å². The van der Waals surface area contributed by atoms with Crippen molar-refractivity contribution in [3.63, 3.8) is 0 Å². The van der Waals surface area contributed by atoms with Crippen LogP contribution >= 0.6 is 0 Å². The maximum atomic E-state index is 3.82. The molecule has 2 aliphatic heterocycles. The van der Waals surface area contributed by atoms with Gasteiger partial charge >= 0.3 is 0 Å². The van der Waals surface area contributed by atoms with E-state index in [9.17, 15) is 0 Å². The maximum absolute atomic E-state index is 3.82. The number of nitrogens with zero attached hydrogens (tertiary/aromatic N) is 1. The molecule has 2 aliphatic rings. The highest BCUT2D eigenvalue weighted by atomic mass is 15.2. The second-order valence-corrected chi connectivity index (χ2v) is 6.28. The van der Waals surface area contributed by atoms with Gasteiger partial charge < -0.3 is 0 Å². The number of hydrogen-bond acceptors (Lipinski definition) is 1. The van der Waals surface area contributed by atoms with Crippen LogP contribution in [0, 0.1) is 0 Å². The van der Waals surface area contributed by atoms with Crippen LogP contribution in [0.2, 0.25) is 0 Å². The van der Waals surface area contributed by atoms with Gasteiger partial charge in [-0.05, 0) is 51.4 Å². The first kappa shape index (κ1) is 14.1. The fourth-order valence-electron chi connectivity index (χ4n) is 4.20. The molecule has 0 bridgehead atoms. The molecule has 0 radical (unpaired) electrons. The van der Waals surface area contributed by atoms with Gasteiger partial charge in [0.25, 0.3) is 0 Å². The van der Waals surface area contributed by atoms with Crippen molar-refractivity contribution < 1.29 is 0 Å². The summed E-state index contributed by atoms with van der Waals surface area (Å²) >= 11 is 0. The van der Waals surface area contributed by atoms with Gasteiger partial charge in [-0.15, -0.1) is 6.58 Å². The zero-order valence-corrected chi connectivity index (χ0v) is 12.2. The Morgan fingerprint density at radius 3 is 2.67 bits per heavy atom. The molecule has 3 atom stereocenters. The van der Waals surface area contributed by atoms with E-state index in [1.54, 1.807) is 0 Å². The van der Waals surface area contributed by atoms with Gasteiger partial charge in [0.05, 0.1) is 0 Å². The third kappa shape index (κ3) is 3.38. The van der Waals surface area contributed by atoms with E-state index in [1.807, 2.05) is 0 Å². The van der Waals surface area contributed by atoms with E-state index in [4.69, 9.17) is 0 Å². The molecule has 0 aromatic carbocycles. The minimum Gasteiger partial charge on any atom is -0.294 e. The molecule has 0 aromatic heterocycles. The summed E-state index contributed by atoms with van der Waals surface area (Å²) in [5.41, 5.74) is 0. The molecule has 2 saturated heterocycles. The van der Waals surface area contributed by atoms with Gasteiger partial charge in [-0.3, -0.25) is 4.90 Å². The fraction of sp³-hybridized carbons (Fsp3) is 0.882. The van der Waals surface area contributed by atoms with Gasteiger partial charge in [0.15, 0.2) is 0 Å². The van der Waals surface area contributed by atoms with Gasteiger partial charge in [0.1, 0.15) is 0 Å². The molecule has 2 heterocycles. The molecule has 2 fully saturated rings. The minimum atomic E-state index is 0.914. The normalized spacial score (nSPS) is 32.4. The van der Waals surface area contributed by atoms with Crippen LogP contribution in [-0.2, 0) is 0 Å². The Morgan fingerprint density at radius 2 is 1.89 bits per heavy atom. The number of piperidine rings is 1. The molecule has 0 N–H and O–H groups in total. The van der Waals surface area contributed by atoms with Crippen LogP contribution in [0.25, 0.3) is 0 Å². The van der Waals surface area contributed by atoms with Crippen LogP contribution in [0.1, 0.15) is 77.6 Å². The number of hydrogen-bond donors (Lipinski definition) is 0. The van der Waals surface area contributed by atoms with E-state index in [1.165, 1.54) is 70.6 Å². The summed E-state index contributed by atoms with van der Waals surface area (Å²) in [6.07, 6.45) is 17.6. The van der Waals surface area contributed by atoms with Gasteiger partial charge in [0, 0.05) is 18.1 Å². The molecule has 0 amide bonds. The van der Waals surface area contributed by atoms with E-state index in [2.05, 4.69) is 24.5 Å². The first-order valence-electron chi connectivity index (χ1n) is 8.25. The molecule has 0 aromatic rings. The number of rotatable bonds is 7. The highest BCUT2D eigenvalue weighted by Crippen LogP contribution is 2.38. The van der Waals surface area contributed by atoms with Crippen molar-refractivity contribution in [2.75, 3.05) is 0 Å². The zero-order chi connectivity index (χ0) is 12.8. The van der Waals surface area contributed by atoms with Crippen molar-refractivity contribution in [1.29, 1.82) is 0 Å². The molecule has 1 heteroatoms. The third-order valence-corrected chi connectivity index (χ3v) is 4.99. The van der Waals surface area contributed by atoms with E-state index in [-0.39, 0.29) is 0 Å². The Balaban J connectivity index is 1.84. The Morgan fingerprint density at radius 1 is 1.06 bits per heavy atom. The molecular formula is C17H31N. The SMILES string of the molecule is C=CCCCCC1CCC2CCCC(CCC)N12. The lowest BCUT2D eigenvalue weighted by Gasteiger charge is -2.41. The summed E-state index contributed by atoms with van der Waals surface area (Å²) < 4.78 is 0. The van der Waals surface area contributed by atoms with Crippen LogP contribution in [0.4, 0.5) is 0 Å². The van der Waals surface area contributed by atoms with Gasteiger partial charge in [0.2, 0.25) is 0 Å². The van der Waals surface area contributed by atoms with Crippen molar-refractivity contribution in [2.45, 2.75) is 95.7 Å². The smallest absolute Gasteiger partial charge is 0.0102 e. The quantitative estimate of drug-likeness (QED) is 0.457. The second-order valence-electron chi connectivity index (χ2n) is 6.28. The molecule has 104 valence electrons. The van der Waals surface area contributed by atoms with Crippen molar-refractivity contribution >= 4 is 0 Å². The Hall–Kier alpha value is -0.300. The Bertz CT molecular complexity index is 246. The lowest BCUT2D eigenvalue weighted by atomic mass is 9.93. The molecule has 0 spiro atoms. The summed E-state index contributed by atoms with van der Waals surface area (Å²) in [5.74, 6) is 0. The molecule has 0 saturated carbocycles. The maximum Gasteiger partial charge on any atom is 0.0102 e. The summed E-state index contributed by atoms with van der Waals surface area (Å²) in [7, 11) is 0. The summed E-state index contributed by atoms with van der Waals surface area (Å²) in [6.45, 7) is 6.17. The highest BCUT2D eigenvalue weighted by molar-refractivity contribution is 4.94. The summed E-state index contributed by atoms with van der Waals surface area (Å²) in [6, 6.07) is 2.78. The lowest BCUT2D eigenvalue weighted by Crippen LogP contribution is -2.47. The molecule has 0 aliphatic carbocycles. The fourth-order valence-corrected chi connectivity index (χ4v) is 4.20. The van der Waals surface area contributed by atoms with Crippen LogP contribution in [-0.4, -0.2) is 23.0 Å². The molecular weight excluding hydrogens is 218 g/mol. The van der Waals surface area contributed by atoms with E-state index in [0.717, 1.165) is 18.1 Å². The Kier molecular flexibility index (Phi) is 5.75. The summed E-state index contributed by atoms with van der Waals surface area (Å²) in [4.78, 5) is 2.95. The van der Waals surface area contributed by atoms with E-state index < -0.39 is 0 Å². The Labute approximate surface area is 114 Å². The number of unbranched alkanes of at least 4 members (excludes halogenated alkanes) is 2. The highest BCUT2D eigenvalue weighted by Gasteiger charge is 2.39. The van der Waals surface area contributed by atoms with E-state index >= 15 is 0 Å². The number of fused-ring (bicyclic) bond motifs is 1. The monoisotopic (exact) mass is 249 g/mol. The first-order valence-corrected chi connectivity index (χ1v) is 8.25. The predicted molar refractivity (Wildman–Crippen MR) is 79.9 cm³/mol. The first-order chi connectivity index (χ1) is 8.86. The average molecular weight is 249 g/mol. The molecule has 2 rings (SSSR count). The van der Waals surface area contributed by atoms with Gasteiger partial charge in [-0.25, -0.2) is 0 Å². The molecule has 18 heavy (non-hydrogen) atoms. The van der Waals surface area contributed by atoms with Crippen LogP contribution in [0.5, 0.6) is 0 Å². The predicted octanol–water partition coefficient (Wildman–Crippen LogP) is 4.92. The average Bonchev–Trinajstić information content (AvgIpc) is 2.80. The largest absolute Gasteiger partial charge is 0.294 e. The van der Waals surface area contributed by atoms with E-state index in [0.29, 0.717) is 0 Å². The van der Waals surface area contributed by atoms with Crippen molar-refractivity contribution in [1.82, 2.24) is 4.90 Å². The standard InChI is InChI=1S/C17H31N/c1-3-5-6-7-10-16-13-14-17-12-8-11-15(9-4-2)18(16)17/h3,15-17H,1,4-14H2,2H3. The van der Waals surface area contributed by atoms with Gasteiger partial charge in [-0.1, -0.05) is 32.3 Å². The van der Waals surface area contributed by atoms with Crippen molar-refractivity contribution in [2.24, 2.45) is 0 Å². The lowest BCUT2D eigenvalue weighted by molar-refractivity contribution is 0.0714. The van der Waals surface area contributed by atoms with Gasteiger partial charge in [-0.2, -0.15) is 0 Å².